The first kappa shape index (κ1) is 20.3. The van der Waals surface area contributed by atoms with Crippen molar-refractivity contribution < 1.29 is 19.5 Å². The van der Waals surface area contributed by atoms with Gasteiger partial charge in [0.25, 0.3) is 11.1 Å². The number of carboxylic acids is 1. The summed E-state index contributed by atoms with van der Waals surface area (Å²) >= 11 is 6.75. The number of amides is 2. The Morgan fingerprint density at radius 2 is 1.83 bits per heavy atom. The summed E-state index contributed by atoms with van der Waals surface area (Å²) in [5, 5.41) is 10.00. The van der Waals surface area contributed by atoms with Gasteiger partial charge in [0.05, 0.1) is 4.91 Å². The highest BCUT2D eigenvalue weighted by Gasteiger charge is 2.36. The Kier molecular flexibility index (Phi) is 5.40. The number of benzene rings is 2. The van der Waals surface area contributed by atoms with Gasteiger partial charge < -0.3 is 9.67 Å². The van der Waals surface area contributed by atoms with Crippen molar-refractivity contribution in [1.29, 1.82) is 0 Å². The Hall–Kier alpha value is -3.03. The van der Waals surface area contributed by atoms with Gasteiger partial charge in [-0.2, -0.15) is 0 Å². The number of para-hydroxylation sites is 1. The monoisotopic (exact) mass is 440 g/mol. The summed E-state index contributed by atoms with van der Waals surface area (Å²) in [7, 11) is 0. The molecule has 1 fully saturated rings. The van der Waals surface area contributed by atoms with Crippen LogP contribution in [0.15, 0.2) is 53.4 Å². The molecular weight excluding hydrogens is 424 g/mol. The number of nitrogens with zero attached hydrogens (tertiary/aromatic N) is 2. The van der Waals surface area contributed by atoms with Gasteiger partial charge in [-0.15, -0.1) is 0 Å². The Morgan fingerprint density at radius 1 is 1.13 bits per heavy atom. The summed E-state index contributed by atoms with van der Waals surface area (Å²) in [5.41, 5.74) is 3.86. The zero-order chi connectivity index (χ0) is 21.4. The number of halogens is 1. The van der Waals surface area contributed by atoms with Gasteiger partial charge in [-0.05, 0) is 48.5 Å². The molecule has 0 saturated carbocycles. The average Bonchev–Trinajstić information content (AvgIpc) is 3.13. The molecule has 1 N–H and O–H groups in total. The third kappa shape index (κ3) is 3.74. The number of aromatic nitrogens is 1. The standard InChI is InChI=1S/C22H17ClN2O4S/c1-13-17(10-19-21(28)25(12-20(26)27)22(29)30-19)16-4-2-3-5-18(16)24(13)11-14-6-8-15(23)9-7-14/h2-10H,11-12H2,1H3,(H,26,27)/b19-10+. The molecular formula is C22H17ClN2O4S. The van der Waals surface area contributed by atoms with E-state index in [4.69, 9.17) is 16.7 Å². The summed E-state index contributed by atoms with van der Waals surface area (Å²) in [5.74, 6) is -1.81. The van der Waals surface area contributed by atoms with Gasteiger partial charge >= 0.3 is 5.97 Å². The molecule has 2 aromatic carbocycles. The van der Waals surface area contributed by atoms with E-state index >= 15 is 0 Å². The molecule has 0 radical (unpaired) electrons. The third-order valence-corrected chi connectivity index (χ3v) is 6.14. The second-order valence-electron chi connectivity index (χ2n) is 6.89. The predicted octanol–water partition coefficient (Wildman–Crippen LogP) is 4.77. The lowest BCUT2D eigenvalue weighted by atomic mass is 10.1. The minimum absolute atomic E-state index is 0.221. The van der Waals surface area contributed by atoms with Crippen molar-refractivity contribution in [3.63, 3.8) is 0 Å². The van der Waals surface area contributed by atoms with E-state index in [1.54, 1.807) is 6.08 Å². The van der Waals surface area contributed by atoms with Crippen LogP contribution >= 0.6 is 23.4 Å². The van der Waals surface area contributed by atoms with Crippen molar-refractivity contribution in [2.45, 2.75) is 13.5 Å². The Balaban J connectivity index is 1.77. The molecule has 1 aromatic heterocycles. The van der Waals surface area contributed by atoms with Crippen LogP contribution in [0.2, 0.25) is 5.02 Å². The van der Waals surface area contributed by atoms with Crippen molar-refractivity contribution in [3.05, 3.63) is 75.3 Å². The molecule has 0 bridgehead atoms. The normalized spacial score (nSPS) is 15.5. The van der Waals surface area contributed by atoms with E-state index in [0.29, 0.717) is 11.6 Å². The minimum Gasteiger partial charge on any atom is -0.480 e. The lowest BCUT2D eigenvalue weighted by molar-refractivity contribution is -0.140. The first-order chi connectivity index (χ1) is 14.3. The first-order valence-corrected chi connectivity index (χ1v) is 10.3. The fraction of sp³-hybridized carbons (Fsp3) is 0.136. The molecule has 0 aliphatic carbocycles. The minimum atomic E-state index is -1.23. The molecule has 30 heavy (non-hydrogen) atoms. The summed E-state index contributed by atoms with van der Waals surface area (Å²) in [6, 6.07) is 15.5. The van der Waals surface area contributed by atoms with E-state index < -0.39 is 23.7 Å². The molecule has 1 aliphatic rings. The summed E-state index contributed by atoms with van der Waals surface area (Å²) in [6.07, 6.45) is 1.68. The van der Waals surface area contributed by atoms with E-state index in [0.717, 1.165) is 44.4 Å². The van der Waals surface area contributed by atoms with Crippen LogP contribution in [-0.4, -0.2) is 38.2 Å². The van der Waals surface area contributed by atoms with Crippen LogP contribution in [0.1, 0.15) is 16.8 Å². The molecule has 0 atom stereocenters. The average molecular weight is 441 g/mol. The van der Waals surface area contributed by atoms with E-state index in [9.17, 15) is 14.4 Å². The van der Waals surface area contributed by atoms with Gasteiger partial charge in [0.2, 0.25) is 0 Å². The van der Waals surface area contributed by atoms with Gasteiger partial charge in [0.1, 0.15) is 6.54 Å². The molecule has 152 valence electrons. The number of carbonyl (C=O) groups is 3. The highest BCUT2D eigenvalue weighted by molar-refractivity contribution is 8.18. The first-order valence-electron chi connectivity index (χ1n) is 9.14. The maximum Gasteiger partial charge on any atom is 0.323 e. The van der Waals surface area contributed by atoms with E-state index in [-0.39, 0.29) is 4.91 Å². The molecule has 4 rings (SSSR count). The lowest BCUT2D eigenvalue weighted by Gasteiger charge is -2.09. The van der Waals surface area contributed by atoms with Crippen LogP contribution in [0, 0.1) is 6.92 Å². The fourth-order valence-corrected chi connectivity index (χ4v) is 4.46. The summed E-state index contributed by atoms with van der Waals surface area (Å²) in [4.78, 5) is 36.6. The molecule has 3 aromatic rings. The quantitative estimate of drug-likeness (QED) is 0.578. The molecule has 1 aliphatic heterocycles. The topological polar surface area (TPSA) is 79.6 Å². The second kappa shape index (κ2) is 8.01. The number of thioether (sulfide) groups is 1. The lowest BCUT2D eigenvalue weighted by Crippen LogP contribution is -2.33. The number of imide groups is 1. The van der Waals surface area contributed by atoms with E-state index in [1.807, 2.05) is 55.5 Å². The molecule has 1 saturated heterocycles. The molecule has 2 heterocycles. The Bertz CT molecular complexity index is 1210. The number of carboxylic acid groups (broad SMARTS) is 1. The fourth-order valence-electron chi connectivity index (χ4n) is 3.52. The van der Waals surface area contributed by atoms with Gasteiger partial charge in [-0.25, -0.2) is 0 Å². The predicted molar refractivity (Wildman–Crippen MR) is 118 cm³/mol. The van der Waals surface area contributed by atoms with Crippen molar-refractivity contribution in [2.24, 2.45) is 0 Å². The smallest absolute Gasteiger partial charge is 0.323 e. The van der Waals surface area contributed by atoms with Crippen molar-refractivity contribution in [1.82, 2.24) is 9.47 Å². The summed E-state index contributed by atoms with van der Waals surface area (Å²) < 4.78 is 2.14. The zero-order valence-corrected chi connectivity index (χ0v) is 17.5. The number of carbonyl (C=O) groups excluding carboxylic acids is 2. The number of hydrogen-bond donors (Lipinski definition) is 1. The van der Waals surface area contributed by atoms with Crippen LogP contribution in [0.3, 0.4) is 0 Å². The largest absolute Gasteiger partial charge is 0.480 e. The molecule has 8 heteroatoms. The van der Waals surface area contributed by atoms with Gasteiger partial charge in [-0.1, -0.05) is 41.9 Å². The van der Waals surface area contributed by atoms with E-state index in [2.05, 4.69) is 4.57 Å². The van der Waals surface area contributed by atoms with Crippen LogP contribution < -0.4 is 0 Å². The number of aliphatic carboxylic acids is 1. The molecule has 2 amide bonds. The Labute approximate surface area is 181 Å². The van der Waals surface area contributed by atoms with Crippen LogP contribution in [0.5, 0.6) is 0 Å². The molecule has 0 spiro atoms. The zero-order valence-electron chi connectivity index (χ0n) is 16.0. The summed E-state index contributed by atoms with van der Waals surface area (Å²) in [6.45, 7) is 1.94. The molecule has 0 unspecified atom stereocenters. The third-order valence-electron chi connectivity index (χ3n) is 4.98. The SMILES string of the molecule is Cc1c(/C=C2/SC(=O)N(CC(=O)O)C2=O)c2ccccc2n1Cc1ccc(Cl)cc1. The number of rotatable bonds is 5. The maximum absolute atomic E-state index is 12.6. The molecule has 6 nitrogen and oxygen atoms in total. The highest BCUT2D eigenvalue weighted by atomic mass is 35.5. The van der Waals surface area contributed by atoms with E-state index in [1.165, 1.54) is 0 Å². The van der Waals surface area contributed by atoms with Gasteiger partial charge in [0, 0.05) is 33.7 Å². The second-order valence-corrected chi connectivity index (χ2v) is 8.32. The van der Waals surface area contributed by atoms with Gasteiger partial charge in [-0.3, -0.25) is 19.3 Å². The Morgan fingerprint density at radius 3 is 2.53 bits per heavy atom. The number of hydrogen-bond acceptors (Lipinski definition) is 4. The van der Waals surface area contributed by atoms with Crippen LogP contribution in [0.4, 0.5) is 4.79 Å². The highest BCUT2D eigenvalue weighted by Crippen LogP contribution is 2.35. The van der Waals surface area contributed by atoms with Crippen LogP contribution in [0.25, 0.3) is 17.0 Å². The van der Waals surface area contributed by atoms with Crippen molar-refractivity contribution in [2.75, 3.05) is 6.54 Å². The van der Waals surface area contributed by atoms with Crippen molar-refractivity contribution >= 4 is 57.5 Å². The van der Waals surface area contributed by atoms with Crippen LogP contribution in [-0.2, 0) is 16.1 Å². The maximum atomic E-state index is 12.6. The number of fused-ring (bicyclic) bond motifs is 1. The van der Waals surface area contributed by atoms with Crippen molar-refractivity contribution in [3.8, 4) is 0 Å². The van der Waals surface area contributed by atoms with Gasteiger partial charge in [0.15, 0.2) is 0 Å².